The zero-order valence-electron chi connectivity index (χ0n) is 14.7. The molecule has 2 aromatic heterocycles. The summed E-state index contributed by atoms with van der Waals surface area (Å²) in [5.41, 5.74) is -0.180. The number of aromatic nitrogens is 4. The van der Waals surface area contributed by atoms with E-state index in [1.165, 1.54) is 15.9 Å². The molecule has 9 nitrogen and oxygen atoms in total. The number of nitrogens with one attached hydrogen (secondary N) is 1. The van der Waals surface area contributed by atoms with Crippen molar-refractivity contribution in [2.45, 2.75) is 32.1 Å². The second kappa shape index (κ2) is 6.41. The van der Waals surface area contributed by atoms with E-state index in [-0.39, 0.29) is 11.7 Å². The number of aryl methyl sites for hydroxylation is 1. The molecule has 0 bridgehead atoms. The number of rotatable bonds is 4. The number of sulfonamides is 1. The maximum Gasteiger partial charge on any atom is 0.332 e. The summed E-state index contributed by atoms with van der Waals surface area (Å²) in [4.78, 5) is 31.7. The predicted octanol–water partition coefficient (Wildman–Crippen LogP) is -0.120. The Labute approximate surface area is 145 Å². The lowest BCUT2D eigenvalue weighted by atomic mass is 9.97. The van der Waals surface area contributed by atoms with Gasteiger partial charge in [0.05, 0.1) is 5.75 Å². The van der Waals surface area contributed by atoms with E-state index in [9.17, 15) is 18.0 Å². The van der Waals surface area contributed by atoms with Crippen LogP contribution in [0.1, 0.15) is 37.9 Å². The van der Waals surface area contributed by atoms with E-state index in [4.69, 9.17) is 0 Å². The van der Waals surface area contributed by atoms with E-state index < -0.39 is 21.3 Å². The van der Waals surface area contributed by atoms with Crippen LogP contribution >= 0.6 is 0 Å². The Balaban J connectivity index is 1.88. The molecule has 0 spiro atoms. The first-order chi connectivity index (χ1) is 11.8. The summed E-state index contributed by atoms with van der Waals surface area (Å²) < 4.78 is 28.2. The number of imidazole rings is 1. The largest absolute Gasteiger partial charge is 0.336 e. The Morgan fingerprint density at radius 1 is 1.16 bits per heavy atom. The van der Waals surface area contributed by atoms with Gasteiger partial charge in [-0.3, -0.25) is 13.9 Å². The predicted molar refractivity (Wildman–Crippen MR) is 94.2 cm³/mol. The second-order valence-corrected chi connectivity index (χ2v) is 8.60. The Morgan fingerprint density at radius 3 is 2.40 bits per heavy atom. The fourth-order valence-electron chi connectivity index (χ4n) is 3.33. The molecule has 0 saturated carbocycles. The monoisotopic (exact) mass is 369 g/mol. The molecule has 10 heteroatoms. The normalized spacial score (nSPS) is 17.4. The molecular weight excluding hydrogens is 346 g/mol. The SMILES string of the molecule is CCCS(=O)(=O)N1CCC(c2nc3c([nH]2)c(=O)n(C)c(=O)n3C)CC1. The molecule has 0 aromatic carbocycles. The minimum atomic E-state index is -3.18. The molecule has 1 aliphatic heterocycles. The molecule has 0 atom stereocenters. The molecule has 1 saturated heterocycles. The molecule has 1 fully saturated rings. The number of aromatic amines is 1. The summed E-state index contributed by atoms with van der Waals surface area (Å²) in [5, 5.41) is 0. The maximum atomic E-state index is 12.2. The molecule has 3 rings (SSSR count). The smallest absolute Gasteiger partial charge is 0.332 e. The van der Waals surface area contributed by atoms with Gasteiger partial charge in [0.25, 0.3) is 5.56 Å². The molecule has 2 aromatic rings. The molecule has 0 aliphatic carbocycles. The number of piperidine rings is 1. The van der Waals surface area contributed by atoms with Gasteiger partial charge in [0, 0.05) is 33.1 Å². The number of fused-ring (bicyclic) bond motifs is 1. The third kappa shape index (κ3) is 3.04. The van der Waals surface area contributed by atoms with E-state index in [0.29, 0.717) is 49.3 Å². The third-order valence-electron chi connectivity index (χ3n) is 4.81. The van der Waals surface area contributed by atoms with Gasteiger partial charge in [-0.2, -0.15) is 0 Å². The van der Waals surface area contributed by atoms with Gasteiger partial charge in [0.1, 0.15) is 11.3 Å². The minimum absolute atomic E-state index is 0.0419. The molecule has 0 unspecified atom stereocenters. The van der Waals surface area contributed by atoms with Crippen LogP contribution in [0.5, 0.6) is 0 Å². The molecule has 0 amide bonds. The maximum absolute atomic E-state index is 12.2. The molecule has 1 aliphatic rings. The van der Waals surface area contributed by atoms with Crippen LogP contribution in [-0.2, 0) is 24.1 Å². The van der Waals surface area contributed by atoms with Crippen molar-refractivity contribution >= 4 is 21.2 Å². The number of hydrogen-bond acceptors (Lipinski definition) is 5. The van der Waals surface area contributed by atoms with Crippen molar-refractivity contribution in [3.8, 4) is 0 Å². The number of H-pyrrole nitrogens is 1. The first-order valence-corrected chi connectivity index (χ1v) is 10.0. The van der Waals surface area contributed by atoms with Gasteiger partial charge in [0.2, 0.25) is 10.0 Å². The van der Waals surface area contributed by atoms with Crippen molar-refractivity contribution < 1.29 is 8.42 Å². The van der Waals surface area contributed by atoms with Gasteiger partial charge in [-0.1, -0.05) is 6.92 Å². The number of hydrogen-bond donors (Lipinski definition) is 1. The van der Waals surface area contributed by atoms with Crippen molar-refractivity contribution in [3.05, 3.63) is 26.7 Å². The summed E-state index contributed by atoms with van der Waals surface area (Å²) >= 11 is 0. The van der Waals surface area contributed by atoms with Gasteiger partial charge in [-0.05, 0) is 19.3 Å². The molecule has 1 N–H and O–H groups in total. The zero-order chi connectivity index (χ0) is 18.4. The minimum Gasteiger partial charge on any atom is -0.336 e. The van der Waals surface area contributed by atoms with Crippen molar-refractivity contribution in [1.82, 2.24) is 23.4 Å². The molecule has 25 heavy (non-hydrogen) atoms. The van der Waals surface area contributed by atoms with E-state index in [1.807, 2.05) is 6.92 Å². The van der Waals surface area contributed by atoms with Gasteiger partial charge in [-0.25, -0.2) is 22.5 Å². The van der Waals surface area contributed by atoms with Crippen LogP contribution in [0.2, 0.25) is 0 Å². The standard InChI is InChI=1S/C15H23N5O4S/c1-4-9-25(23,24)20-7-5-10(6-8-20)12-16-11-13(17-12)18(2)15(22)19(3)14(11)21/h10H,4-9H2,1-3H3,(H,16,17). The number of nitrogens with zero attached hydrogens (tertiary/aromatic N) is 4. The van der Waals surface area contributed by atoms with Crippen LogP contribution in [0, 0.1) is 0 Å². The van der Waals surface area contributed by atoms with E-state index >= 15 is 0 Å². The summed E-state index contributed by atoms with van der Waals surface area (Å²) in [6.45, 7) is 2.74. The highest BCUT2D eigenvalue weighted by Crippen LogP contribution is 2.28. The summed E-state index contributed by atoms with van der Waals surface area (Å²) in [5.74, 6) is 0.849. The van der Waals surface area contributed by atoms with Crippen molar-refractivity contribution in [2.75, 3.05) is 18.8 Å². The molecular formula is C15H23N5O4S. The van der Waals surface area contributed by atoms with Crippen LogP contribution in [-0.4, -0.2) is 50.7 Å². The highest BCUT2D eigenvalue weighted by atomic mass is 32.2. The summed E-state index contributed by atoms with van der Waals surface area (Å²) in [7, 11) is -0.174. The third-order valence-corrected chi connectivity index (χ3v) is 6.89. The fourth-order valence-corrected chi connectivity index (χ4v) is 4.87. The van der Waals surface area contributed by atoms with Gasteiger partial charge in [0.15, 0.2) is 5.65 Å². The fraction of sp³-hybridized carbons (Fsp3) is 0.667. The van der Waals surface area contributed by atoms with Crippen LogP contribution < -0.4 is 11.2 Å². The average Bonchev–Trinajstić information content (AvgIpc) is 3.04. The molecule has 0 radical (unpaired) electrons. The average molecular weight is 369 g/mol. The first-order valence-electron chi connectivity index (χ1n) is 8.39. The lowest BCUT2D eigenvalue weighted by Gasteiger charge is -2.30. The van der Waals surface area contributed by atoms with Crippen molar-refractivity contribution in [3.63, 3.8) is 0 Å². The Morgan fingerprint density at radius 2 is 1.80 bits per heavy atom. The van der Waals surface area contributed by atoms with E-state index in [0.717, 1.165) is 4.57 Å². The van der Waals surface area contributed by atoms with Crippen LogP contribution in [0.4, 0.5) is 0 Å². The van der Waals surface area contributed by atoms with Crippen molar-refractivity contribution in [1.29, 1.82) is 0 Å². The quantitative estimate of drug-likeness (QED) is 0.808. The Hall–Kier alpha value is -1.94. The van der Waals surface area contributed by atoms with Gasteiger partial charge < -0.3 is 4.98 Å². The van der Waals surface area contributed by atoms with Crippen LogP contribution in [0.15, 0.2) is 9.59 Å². The second-order valence-electron chi connectivity index (χ2n) is 6.52. The van der Waals surface area contributed by atoms with Gasteiger partial charge in [-0.15, -0.1) is 0 Å². The summed E-state index contributed by atoms with van der Waals surface area (Å²) in [6, 6.07) is 0. The molecule has 3 heterocycles. The lowest BCUT2D eigenvalue weighted by Crippen LogP contribution is -2.39. The highest BCUT2D eigenvalue weighted by Gasteiger charge is 2.29. The first kappa shape index (κ1) is 17.9. The molecule has 138 valence electrons. The van der Waals surface area contributed by atoms with Crippen molar-refractivity contribution in [2.24, 2.45) is 14.1 Å². The Bertz CT molecular complexity index is 1010. The van der Waals surface area contributed by atoms with Crippen LogP contribution in [0.3, 0.4) is 0 Å². The van der Waals surface area contributed by atoms with Crippen LogP contribution in [0.25, 0.3) is 11.2 Å². The highest BCUT2D eigenvalue weighted by molar-refractivity contribution is 7.89. The Kier molecular flexibility index (Phi) is 4.58. The summed E-state index contributed by atoms with van der Waals surface area (Å²) in [6.07, 6.45) is 1.87. The van der Waals surface area contributed by atoms with E-state index in [1.54, 1.807) is 7.05 Å². The zero-order valence-corrected chi connectivity index (χ0v) is 15.5. The lowest BCUT2D eigenvalue weighted by molar-refractivity contribution is 0.314. The van der Waals surface area contributed by atoms with Gasteiger partial charge >= 0.3 is 5.69 Å². The topological polar surface area (TPSA) is 110 Å². The van der Waals surface area contributed by atoms with E-state index in [2.05, 4.69) is 9.97 Å².